The summed E-state index contributed by atoms with van der Waals surface area (Å²) in [4.78, 5) is 21.2. The number of rotatable bonds is 6. The lowest BCUT2D eigenvalue weighted by atomic mass is 9.86. The number of ether oxygens (including phenoxy) is 2. The van der Waals surface area contributed by atoms with Crippen molar-refractivity contribution in [2.24, 2.45) is 0 Å². The van der Waals surface area contributed by atoms with Crippen molar-refractivity contribution in [2.75, 3.05) is 45.3 Å². The highest BCUT2D eigenvalue weighted by molar-refractivity contribution is 5.94. The molecular formula is C29H32N4O4. The Kier molecular flexibility index (Phi) is 7.53. The van der Waals surface area contributed by atoms with E-state index in [0.717, 1.165) is 5.56 Å². The molecule has 3 aromatic rings. The van der Waals surface area contributed by atoms with Gasteiger partial charge in [-0.15, -0.1) is 0 Å². The predicted octanol–water partition coefficient (Wildman–Crippen LogP) is 4.99. The number of amides is 1. The number of methoxy groups -OCH3 is 2. The summed E-state index contributed by atoms with van der Waals surface area (Å²) in [7, 11) is 3.17. The van der Waals surface area contributed by atoms with Gasteiger partial charge in [0.15, 0.2) is 11.5 Å². The first-order valence-corrected chi connectivity index (χ1v) is 12.2. The normalized spacial score (nSPS) is 14.1. The highest BCUT2D eigenvalue weighted by Crippen LogP contribution is 2.29. The van der Waals surface area contributed by atoms with Crippen LogP contribution in [-0.4, -0.2) is 56.2 Å². The summed E-state index contributed by atoms with van der Waals surface area (Å²) in [5, 5.41) is 9.62. The lowest BCUT2D eigenvalue weighted by Gasteiger charge is -2.34. The summed E-state index contributed by atoms with van der Waals surface area (Å²) in [5.74, 6) is 2.03. The smallest absolute Gasteiger partial charge is 0.253 e. The molecule has 0 aliphatic carbocycles. The maximum Gasteiger partial charge on any atom is 0.253 e. The van der Waals surface area contributed by atoms with Crippen LogP contribution in [0.15, 0.2) is 46.9 Å². The zero-order valence-electron chi connectivity index (χ0n) is 21.9. The minimum absolute atomic E-state index is 0.0109. The zero-order valence-corrected chi connectivity index (χ0v) is 21.9. The third kappa shape index (κ3) is 5.78. The van der Waals surface area contributed by atoms with Gasteiger partial charge >= 0.3 is 0 Å². The molecule has 8 nitrogen and oxygen atoms in total. The second kappa shape index (κ2) is 10.8. The van der Waals surface area contributed by atoms with Crippen molar-refractivity contribution in [1.29, 1.82) is 5.26 Å². The third-order valence-corrected chi connectivity index (χ3v) is 6.41. The number of piperazine rings is 1. The second-order valence-electron chi connectivity index (χ2n) is 9.87. The van der Waals surface area contributed by atoms with E-state index in [1.807, 2.05) is 58.3 Å². The Labute approximate surface area is 217 Å². The molecule has 4 rings (SSSR count). The van der Waals surface area contributed by atoms with E-state index in [1.54, 1.807) is 20.3 Å². The number of oxazole rings is 1. The van der Waals surface area contributed by atoms with Gasteiger partial charge < -0.3 is 23.7 Å². The Morgan fingerprint density at radius 1 is 1.00 bits per heavy atom. The van der Waals surface area contributed by atoms with E-state index in [0.29, 0.717) is 55.0 Å². The summed E-state index contributed by atoms with van der Waals surface area (Å²) in [6.45, 7) is 8.62. The van der Waals surface area contributed by atoms with Gasteiger partial charge in [-0.2, -0.15) is 10.2 Å². The fourth-order valence-corrected chi connectivity index (χ4v) is 4.22. The van der Waals surface area contributed by atoms with Gasteiger partial charge in [0.25, 0.3) is 5.91 Å². The largest absolute Gasteiger partial charge is 0.493 e. The second-order valence-corrected chi connectivity index (χ2v) is 9.87. The van der Waals surface area contributed by atoms with Crippen molar-refractivity contribution in [3.05, 3.63) is 70.7 Å². The van der Waals surface area contributed by atoms with Gasteiger partial charge in [0.05, 0.1) is 14.2 Å². The van der Waals surface area contributed by atoms with Crippen molar-refractivity contribution >= 4 is 23.9 Å². The van der Waals surface area contributed by atoms with Gasteiger partial charge in [0.2, 0.25) is 17.5 Å². The molecule has 192 valence electrons. The molecule has 37 heavy (non-hydrogen) atoms. The summed E-state index contributed by atoms with van der Waals surface area (Å²) < 4.78 is 16.6. The van der Waals surface area contributed by atoms with E-state index in [2.05, 4.69) is 31.8 Å². The molecular weight excluding hydrogens is 468 g/mol. The number of benzene rings is 2. The molecule has 1 aromatic heterocycles. The Morgan fingerprint density at radius 3 is 2.27 bits per heavy atom. The van der Waals surface area contributed by atoms with Crippen LogP contribution in [-0.2, 0) is 5.41 Å². The van der Waals surface area contributed by atoms with Crippen LogP contribution in [0.25, 0.3) is 12.2 Å². The number of anilines is 1. The quantitative estimate of drug-likeness (QED) is 0.471. The van der Waals surface area contributed by atoms with Crippen molar-refractivity contribution in [2.45, 2.75) is 26.2 Å². The number of nitrogens with zero attached hydrogens (tertiary/aromatic N) is 4. The predicted molar refractivity (Wildman–Crippen MR) is 143 cm³/mol. The molecule has 0 N–H and O–H groups in total. The highest BCUT2D eigenvalue weighted by Gasteiger charge is 2.27. The Morgan fingerprint density at radius 2 is 1.68 bits per heavy atom. The highest BCUT2D eigenvalue weighted by atomic mass is 16.5. The van der Waals surface area contributed by atoms with Crippen LogP contribution < -0.4 is 14.4 Å². The van der Waals surface area contributed by atoms with Gasteiger partial charge in [-0.3, -0.25) is 4.79 Å². The molecule has 0 unspecified atom stereocenters. The summed E-state index contributed by atoms with van der Waals surface area (Å²) in [5.41, 5.74) is 3.02. The van der Waals surface area contributed by atoms with Gasteiger partial charge in [-0.1, -0.05) is 39.0 Å². The van der Waals surface area contributed by atoms with E-state index >= 15 is 0 Å². The van der Waals surface area contributed by atoms with Crippen molar-refractivity contribution in [3.8, 4) is 17.6 Å². The van der Waals surface area contributed by atoms with Gasteiger partial charge in [-0.25, -0.2) is 0 Å². The first-order valence-electron chi connectivity index (χ1n) is 12.2. The molecule has 2 aromatic carbocycles. The summed E-state index contributed by atoms with van der Waals surface area (Å²) in [6, 6.07) is 15.5. The van der Waals surface area contributed by atoms with Crippen molar-refractivity contribution < 1.29 is 18.7 Å². The van der Waals surface area contributed by atoms with Crippen molar-refractivity contribution in [1.82, 2.24) is 9.88 Å². The molecule has 0 bridgehead atoms. The van der Waals surface area contributed by atoms with Gasteiger partial charge in [0, 0.05) is 37.8 Å². The maximum atomic E-state index is 13.0. The minimum atomic E-state index is 0.0109. The SMILES string of the molecule is COc1ccc(/C=C/c2nc(C#N)c(N3CCN(C(=O)c4ccc(C(C)(C)C)cc4)CC3)o2)cc1OC. The number of carbonyl (C=O) groups is 1. The minimum Gasteiger partial charge on any atom is -0.493 e. The Hall–Kier alpha value is -4.25. The molecule has 0 saturated carbocycles. The maximum absolute atomic E-state index is 13.0. The Bertz CT molecular complexity index is 1320. The first-order chi connectivity index (χ1) is 17.7. The molecule has 1 saturated heterocycles. The summed E-state index contributed by atoms with van der Waals surface area (Å²) in [6.07, 6.45) is 3.55. The number of aromatic nitrogens is 1. The van der Waals surface area contributed by atoms with Gasteiger partial charge in [0.1, 0.15) is 6.07 Å². The average Bonchev–Trinajstić information content (AvgIpc) is 3.34. The van der Waals surface area contributed by atoms with Crippen LogP contribution in [0.4, 0.5) is 5.88 Å². The van der Waals surface area contributed by atoms with E-state index < -0.39 is 0 Å². The Balaban J connectivity index is 1.42. The fourth-order valence-electron chi connectivity index (χ4n) is 4.22. The van der Waals surface area contributed by atoms with E-state index in [4.69, 9.17) is 13.9 Å². The van der Waals surface area contributed by atoms with Gasteiger partial charge in [-0.05, 0) is 46.9 Å². The topological polar surface area (TPSA) is 91.8 Å². The lowest BCUT2D eigenvalue weighted by Crippen LogP contribution is -2.48. The standard InChI is InChI=1S/C29H32N4O4/c1-29(2,3)22-10-8-21(9-11-22)27(34)32-14-16-33(17-15-32)28-23(19-30)31-26(37-28)13-7-20-6-12-24(35-4)25(18-20)36-5/h6-13,18H,14-17H2,1-5H3/b13-7+. The fraction of sp³-hybridized carbons (Fsp3) is 0.345. The number of hydrogen-bond acceptors (Lipinski definition) is 7. The molecule has 1 fully saturated rings. The molecule has 2 heterocycles. The van der Waals surface area contributed by atoms with E-state index in [-0.39, 0.29) is 17.0 Å². The van der Waals surface area contributed by atoms with Crippen LogP contribution in [0.5, 0.6) is 11.5 Å². The average molecular weight is 501 g/mol. The zero-order chi connectivity index (χ0) is 26.6. The molecule has 8 heteroatoms. The molecule has 1 amide bonds. The van der Waals surface area contributed by atoms with Crippen LogP contribution in [0, 0.1) is 11.3 Å². The molecule has 0 atom stereocenters. The molecule has 0 spiro atoms. The van der Waals surface area contributed by atoms with Crippen LogP contribution in [0.2, 0.25) is 0 Å². The van der Waals surface area contributed by atoms with E-state index in [1.165, 1.54) is 5.56 Å². The molecule has 1 aliphatic rings. The van der Waals surface area contributed by atoms with Crippen molar-refractivity contribution in [3.63, 3.8) is 0 Å². The van der Waals surface area contributed by atoms with Crippen LogP contribution in [0.3, 0.4) is 0 Å². The van der Waals surface area contributed by atoms with Crippen LogP contribution in [0.1, 0.15) is 53.8 Å². The monoisotopic (exact) mass is 500 g/mol. The first kappa shape index (κ1) is 25.8. The third-order valence-electron chi connectivity index (χ3n) is 6.41. The number of nitriles is 1. The lowest BCUT2D eigenvalue weighted by molar-refractivity contribution is 0.0745. The molecule has 0 radical (unpaired) electrons. The summed E-state index contributed by atoms with van der Waals surface area (Å²) >= 11 is 0. The molecule has 1 aliphatic heterocycles. The van der Waals surface area contributed by atoms with E-state index in [9.17, 15) is 10.1 Å². The number of hydrogen-bond donors (Lipinski definition) is 0. The number of carbonyl (C=O) groups excluding carboxylic acids is 1. The van der Waals surface area contributed by atoms with Crippen LogP contribution >= 0.6 is 0 Å².